The monoisotopic (exact) mass is 586 g/mol. The molecular formula is C29H30ClF3N6O2. The van der Waals surface area contributed by atoms with Gasteiger partial charge < -0.3 is 20.0 Å². The Hall–Kier alpha value is -3.25. The Balaban J connectivity index is 1.30. The van der Waals surface area contributed by atoms with Crippen molar-refractivity contribution in [3.63, 3.8) is 0 Å². The number of hydrogen-bond acceptors (Lipinski definition) is 7. The average molecular weight is 587 g/mol. The fraction of sp³-hybridized carbons (Fsp3) is 0.414. The molecule has 3 aromatic heterocycles. The maximum Gasteiger partial charge on any atom is 0.130 e. The summed E-state index contributed by atoms with van der Waals surface area (Å²) in [4.78, 5) is 13.0. The van der Waals surface area contributed by atoms with Crippen LogP contribution in [0.3, 0.4) is 0 Å². The molecule has 0 radical (unpaired) electrons. The molecule has 4 aromatic rings. The van der Waals surface area contributed by atoms with Crippen LogP contribution in [0.5, 0.6) is 0 Å². The molecule has 5 heterocycles. The SMILES string of the molecule is OCC(O)CN1CCC(n2cc(-c3c(Cl)cnc4ccc(N5C[C@@H](F)C[C@@H]5c5cc(F)ccc5F)nc34)cn2)CC1. The van der Waals surface area contributed by atoms with Gasteiger partial charge in [0.2, 0.25) is 0 Å². The number of aliphatic hydroxyl groups is 2. The van der Waals surface area contributed by atoms with Crippen LogP contribution in [0.15, 0.2) is 48.9 Å². The molecule has 41 heavy (non-hydrogen) atoms. The molecule has 0 saturated carbocycles. The van der Waals surface area contributed by atoms with Crippen LogP contribution in [-0.2, 0) is 0 Å². The molecule has 1 unspecified atom stereocenters. The van der Waals surface area contributed by atoms with E-state index in [1.807, 2.05) is 10.9 Å². The van der Waals surface area contributed by atoms with Crippen LogP contribution in [0.4, 0.5) is 19.0 Å². The summed E-state index contributed by atoms with van der Waals surface area (Å²) in [5.41, 5.74) is 2.57. The molecule has 3 atom stereocenters. The van der Waals surface area contributed by atoms with Gasteiger partial charge >= 0.3 is 0 Å². The van der Waals surface area contributed by atoms with Crippen molar-refractivity contribution in [2.75, 3.05) is 37.7 Å². The van der Waals surface area contributed by atoms with Gasteiger partial charge in [-0.2, -0.15) is 5.10 Å². The van der Waals surface area contributed by atoms with Gasteiger partial charge in [0.25, 0.3) is 0 Å². The number of nitrogens with zero attached hydrogens (tertiary/aromatic N) is 6. The van der Waals surface area contributed by atoms with E-state index in [1.54, 1.807) is 29.4 Å². The standard InChI is InChI=1S/C29H30ClF3N6O2/c30-23-12-34-25-3-4-27(38-14-19(32)10-26(38)22-9-18(31)1-2-24(22)33)36-29(25)28(23)17-11-35-39(13-17)20-5-7-37(8-6-20)15-21(41)16-40/h1-4,9,11-13,19-21,26,40-41H,5-8,10,14-16H2/t19-,21?,26+/m0/s1. The number of pyridine rings is 2. The Bertz CT molecular complexity index is 1550. The lowest BCUT2D eigenvalue weighted by atomic mass is 10.0. The van der Waals surface area contributed by atoms with E-state index in [0.29, 0.717) is 34.0 Å². The molecule has 2 fully saturated rings. The second-order valence-corrected chi connectivity index (χ2v) is 11.2. The summed E-state index contributed by atoms with van der Waals surface area (Å²) in [5, 5.41) is 23.9. The van der Waals surface area contributed by atoms with E-state index in [-0.39, 0.29) is 31.2 Å². The number of aromatic nitrogens is 4. The molecule has 216 valence electrons. The van der Waals surface area contributed by atoms with Crippen LogP contribution in [0.25, 0.3) is 22.2 Å². The summed E-state index contributed by atoms with van der Waals surface area (Å²) in [6.07, 6.45) is 4.93. The molecule has 2 saturated heterocycles. The van der Waals surface area contributed by atoms with Gasteiger partial charge in [-0.1, -0.05) is 11.6 Å². The first-order valence-electron chi connectivity index (χ1n) is 13.7. The summed E-state index contributed by atoms with van der Waals surface area (Å²) in [5.74, 6) is -0.759. The van der Waals surface area contributed by atoms with E-state index in [0.717, 1.165) is 49.7 Å². The van der Waals surface area contributed by atoms with Crippen molar-refractivity contribution in [3.05, 3.63) is 71.1 Å². The highest BCUT2D eigenvalue weighted by Crippen LogP contribution is 2.40. The van der Waals surface area contributed by atoms with E-state index in [4.69, 9.17) is 21.7 Å². The van der Waals surface area contributed by atoms with Crippen LogP contribution in [0, 0.1) is 11.6 Å². The van der Waals surface area contributed by atoms with Crippen molar-refractivity contribution in [1.82, 2.24) is 24.6 Å². The van der Waals surface area contributed by atoms with Gasteiger partial charge in [0.1, 0.15) is 29.1 Å². The van der Waals surface area contributed by atoms with Crippen molar-refractivity contribution in [3.8, 4) is 11.1 Å². The molecule has 1 aromatic carbocycles. The zero-order valence-electron chi connectivity index (χ0n) is 22.2. The summed E-state index contributed by atoms with van der Waals surface area (Å²) in [6.45, 7) is 1.73. The largest absolute Gasteiger partial charge is 0.394 e. The molecule has 8 nitrogen and oxygen atoms in total. The van der Waals surface area contributed by atoms with E-state index >= 15 is 0 Å². The molecular weight excluding hydrogens is 557 g/mol. The zero-order chi connectivity index (χ0) is 28.7. The second-order valence-electron chi connectivity index (χ2n) is 10.8. The normalized spacial score (nSPS) is 21.2. The fourth-order valence-corrected chi connectivity index (χ4v) is 6.21. The zero-order valence-corrected chi connectivity index (χ0v) is 22.9. The summed E-state index contributed by atoms with van der Waals surface area (Å²) < 4.78 is 45.3. The fourth-order valence-electron chi connectivity index (χ4n) is 5.96. The van der Waals surface area contributed by atoms with E-state index in [9.17, 15) is 18.3 Å². The summed E-state index contributed by atoms with van der Waals surface area (Å²) in [7, 11) is 0. The Labute approximate surface area is 240 Å². The van der Waals surface area contributed by atoms with Gasteiger partial charge in [-0.05, 0) is 43.2 Å². The van der Waals surface area contributed by atoms with Crippen molar-refractivity contribution in [2.45, 2.75) is 43.6 Å². The highest BCUT2D eigenvalue weighted by atomic mass is 35.5. The van der Waals surface area contributed by atoms with Crippen molar-refractivity contribution < 1.29 is 23.4 Å². The van der Waals surface area contributed by atoms with Crippen LogP contribution in [-0.4, -0.2) is 79.9 Å². The van der Waals surface area contributed by atoms with E-state index < -0.39 is 30.0 Å². The minimum atomic E-state index is -1.23. The lowest BCUT2D eigenvalue weighted by Gasteiger charge is -2.32. The maximum atomic E-state index is 14.7. The third-order valence-electron chi connectivity index (χ3n) is 8.01. The smallest absolute Gasteiger partial charge is 0.130 e. The molecule has 2 aliphatic heterocycles. The summed E-state index contributed by atoms with van der Waals surface area (Å²) in [6, 6.07) is 6.14. The number of benzene rings is 1. The third-order valence-corrected chi connectivity index (χ3v) is 8.30. The number of piperidine rings is 1. The number of hydrogen-bond donors (Lipinski definition) is 2. The number of aliphatic hydroxyl groups excluding tert-OH is 2. The van der Waals surface area contributed by atoms with E-state index in [2.05, 4.69) is 15.0 Å². The predicted molar refractivity (Wildman–Crippen MR) is 150 cm³/mol. The third kappa shape index (κ3) is 5.63. The number of halogens is 4. The number of fused-ring (bicyclic) bond motifs is 1. The Morgan fingerprint density at radius 3 is 2.68 bits per heavy atom. The summed E-state index contributed by atoms with van der Waals surface area (Å²) >= 11 is 6.66. The molecule has 0 amide bonds. The van der Waals surface area contributed by atoms with Gasteiger partial charge in [-0.15, -0.1) is 0 Å². The molecule has 2 aliphatic rings. The molecule has 6 rings (SSSR count). The van der Waals surface area contributed by atoms with E-state index in [1.165, 1.54) is 0 Å². The number of rotatable bonds is 7. The minimum absolute atomic E-state index is 0.00554. The second kappa shape index (κ2) is 11.6. The molecule has 0 spiro atoms. The Morgan fingerprint density at radius 2 is 1.90 bits per heavy atom. The van der Waals surface area contributed by atoms with Crippen molar-refractivity contribution in [2.24, 2.45) is 0 Å². The number of β-amino-alcohol motifs (C(OH)–C–C–N with tert-alkyl or cyclic N) is 1. The Kier molecular flexibility index (Phi) is 7.86. The molecule has 0 bridgehead atoms. The minimum Gasteiger partial charge on any atom is -0.394 e. The number of alkyl halides is 1. The molecule has 2 N–H and O–H groups in total. The van der Waals surface area contributed by atoms with Crippen LogP contribution >= 0.6 is 11.6 Å². The first-order valence-corrected chi connectivity index (χ1v) is 14.0. The van der Waals surface area contributed by atoms with Crippen LogP contribution < -0.4 is 4.90 Å². The number of anilines is 1. The highest BCUT2D eigenvalue weighted by molar-refractivity contribution is 6.34. The van der Waals surface area contributed by atoms with Crippen LogP contribution in [0.1, 0.15) is 36.9 Å². The van der Waals surface area contributed by atoms with Gasteiger partial charge in [0.05, 0.1) is 48.1 Å². The van der Waals surface area contributed by atoms with Gasteiger partial charge in [0, 0.05) is 55.1 Å². The van der Waals surface area contributed by atoms with Gasteiger partial charge in [-0.25, -0.2) is 18.2 Å². The quantitative estimate of drug-likeness (QED) is 0.324. The Morgan fingerprint density at radius 1 is 1.10 bits per heavy atom. The molecule has 0 aliphatic carbocycles. The molecule has 12 heteroatoms. The van der Waals surface area contributed by atoms with Gasteiger partial charge in [-0.3, -0.25) is 9.67 Å². The van der Waals surface area contributed by atoms with Crippen LogP contribution in [0.2, 0.25) is 5.02 Å². The van der Waals surface area contributed by atoms with Crippen molar-refractivity contribution in [1.29, 1.82) is 0 Å². The topological polar surface area (TPSA) is 90.5 Å². The van der Waals surface area contributed by atoms with Gasteiger partial charge in [0.15, 0.2) is 0 Å². The predicted octanol–water partition coefficient (Wildman–Crippen LogP) is 4.70. The maximum absolute atomic E-state index is 14.7. The highest BCUT2D eigenvalue weighted by Gasteiger charge is 2.36. The average Bonchev–Trinajstić information content (AvgIpc) is 3.61. The lowest BCUT2D eigenvalue weighted by molar-refractivity contribution is 0.0474. The first kappa shape index (κ1) is 27.9. The van der Waals surface area contributed by atoms with Crippen molar-refractivity contribution >= 4 is 28.5 Å². The number of likely N-dealkylation sites (tertiary alicyclic amines) is 1. The lowest BCUT2D eigenvalue weighted by Crippen LogP contribution is -2.40. The first-order chi connectivity index (χ1) is 19.8.